The third kappa shape index (κ3) is 2.44. The Morgan fingerprint density at radius 3 is 2.50 bits per heavy atom. The highest BCUT2D eigenvalue weighted by atomic mass is 16.6. The van der Waals surface area contributed by atoms with Crippen LogP contribution in [0.15, 0.2) is 36.4 Å². The lowest BCUT2D eigenvalue weighted by Gasteiger charge is -2.33. The van der Waals surface area contributed by atoms with Gasteiger partial charge in [-0.15, -0.1) is 0 Å². The van der Waals surface area contributed by atoms with E-state index in [9.17, 15) is 20.1 Å². The molecule has 3 rings (SSSR count). The normalized spacial score (nSPS) is 19.7. The number of hydrogen-bond acceptors (Lipinski definition) is 6. The molecule has 6 heteroatoms. The summed E-state index contributed by atoms with van der Waals surface area (Å²) in [6, 6.07) is 8.99. The molecule has 1 aliphatic rings. The van der Waals surface area contributed by atoms with Crippen molar-refractivity contribution in [1.82, 2.24) is 0 Å². The maximum atomic E-state index is 10.8. The summed E-state index contributed by atoms with van der Waals surface area (Å²) >= 11 is 0. The third-order valence-corrected chi connectivity index (χ3v) is 3.48. The number of carbonyl (C=O) groups excluding carboxylic acids is 1. The number of rotatable bonds is 3. The van der Waals surface area contributed by atoms with Gasteiger partial charge in [0.2, 0.25) is 0 Å². The number of hydrogen-bond donors (Lipinski definition) is 3. The van der Waals surface area contributed by atoms with E-state index in [2.05, 4.69) is 0 Å². The number of aldehydes is 1. The highest BCUT2D eigenvalue weighted by molar-refractivity contribution is 5.76. The first-order valence-corrected chi connectivity index (χ1v) is 6.67. The first kappa shape index (κ1) is 14.2. The summed E-state index contributed by atoms with van der Waals surface area (Å²) < 4.78 is 11.5. The van der Waals surface area contributed by atoms with Crippen LogP contribution in [0.5, 0.6) is 23.0 Å². The van der Waals surface area contributed by atoms with Crippen molar-refractivity contribution >= 4 is 6.29 Å². The Hall–Kier alpha value is -2.73. The summed E-state index contributed by atoms with van der Waals surface area (Å²) in [6.07, 6.45) is -0.646. The molecule has 0 saturated carbocycles. The Morgan fingerprint density at radius 1 is 1.00 bits per heavy atom. The smallest absolute Gasteiger partial charge is 0.163 e. The molecule has 0 radical (unpaired) electrons. The average molecular weight is 302 g/mol. The van der Waals surface area contributed by atoms with Crippen molar-refractivity contribution in [2.75, 3.05) is 6.61 Å². The zero-order valence-corrected chi connectivity index (χ0v) is 11.5. The molecular weight excluding hydrogens is 288 g/mol. The van der Waals surface area contributed by atoms with Gasteiger partial charge in [-0.25, -0.2) is 0 Å². The Morgan fingerprint density at radius 2 is 1.82 bits per heavy atom. The van der Waals surface area contributed by atoms with Crippen LogP contribution >= 0.6 is 0 Å². The van der Waals surface area contributed by atoms with Crippen LogP contribution in [0.25, 0.3) is 0 Å². The lowest BCUT2D eigenvalue weighted by Crippen LogP contribution is -2.36. The first-order chi connectivity index (χ1) is 10.6. The number of aliphatic hydroxyl groups excluding tert-OH is 1. The van der Waals surface area contributed by atoms with E-state index >= 15 is 0 Å². The van der Waals surface area contributed by atoms with Crippen molar-refractivity contribution < 1.29 is 29.6 Å². The maximum Gasteiger partial charge on any atom is 0.163 e. The molecule has 0 amide bonds. The third-order valence-electron chi connectivity index (χ3n) is 3.48. The van der Waals surface area contributed by atoms with Gasteiger partial charge in [-0.2, -0.15) is 0 Å². The van der Waals surface area contributed by atoms with Gasteiger partial charge in [-0.05, 0) is 30.3 Å². The van der Waals surface area contributed by atoms with E-state index in [0.717, 1.165) is 0 Å². The van der Waals surface area contributed by atoms with Crippen molar-refractivity contribution in [2.45, 2.75) is 12.2 Å². The minimum atomic E-state index is -0.675. The van der Waals surface area contributed by atoms with Crippen LogP contribution in [0.3, 0.4) is 0 Å². The molecule has 3 N–H and O–H groups in total. The zero-order chi connectivity index (χ0) is 15.7. The molecule has 6 nitrogen and oxygen atoms in total. The van der Waals surface area contributed by atoms with Gasteiger partial charge in [-0.3, -0.25) is 4.79 Å². The zero-order valence-electron chi connectivity index (χ0n) is 11.5. The summed E-state index contributed by atoms with van der Waals surface area (Å²) in [6.45, 7) is -0.290. The standard InChI is InChI=1S/C16H14O6/c17-7-9-1-4-13-14(5-9)22-16(15(8-18)21-13)10-2-3-11(19)12(20)6-10/h1-7,15-16,18-20H,8H2/t15-,16-/m1/s1. The number of ether oxygens (including phenoxy) is 2. The van der Waals surface area contributed by atoms with Crippen LogP contribution in [0.1, 0.15) is 22.0 Å². The highest BCUT2D eigenvalue weighted by Gasteiger charge is 2.33. The van der Waals surface area contributed by atoms with E-state index in [0.29, 0.717) is 28.9 Å². The molecule has 1 heterocycles. The largest absolute Gasteiger partial charge is 0.504 e. The average Bonchev–Trinajstić information content (AvgIpc) is 2.55. The minimum absolute atomic E-state index is 0.246. The van der Waals surface area contributed by atoms with Gasteiger partial charge in [0.1, 0.15) is 6.29 Å². The number of phenolic OH excluding ortho intramolecular Hbond substituents is 2. The number of carbonyl (C=O) groups is 1. The van der Waals surface area contributed by atoms with Crippen molar-refractivity contribution in [3.8, 4) is 23.0 Å². The SMILES string of the molecule is O=Cc1ccc2c(c1)O[C@H](c1ccc(O)c(O)c1)[C@@H](CO)O2. The molecule has 0 aliphatic carbocycles. The molecule has 2 aromatic rings. The molecular formula is C16H14O6. The van der Waals surface area contributed by atoms with Gasteiger partial charge < -0.3 is 24.8 Å². The number of aliphatic hydroxyl groups is 1. The van der Waals surface area contributed by atoms with Crippen LogP contribution < -0.4 is 9.47 Å². The van der Waals surface area contributed by atoms with Crippen molar-refractivity contribution in [3.63, 3.8) is 0 Å². The lowest BCUT2D eigenvalue weighted by molar-refractivity contribution is -0.0124. The van der Waals surface area contributed by atoms with Crippen molar-refractivity contribution in [1.29, 1.82) is 0 Å². The monoisotopic (exact) mass is 302 g/mol. The van der Waals surface area contributed by atoms with Gasteiger partial charge in [0, 0.05) is 11.1 Å². The second-order valence-corrected chi connectivity index (χ2v) is 4.95. The van der Waals surface area contributed by atoms with E-state index in [1.54, 1.807) is 24.3 Å². The number of phenols is 2. The second kappa shape index (κ2) is 5.57. The predicted octanol–water partition coefficient (Wildman–Crippen LogP) is 1.78. The summed E-state index contributed by atoms with van der Waals surface area (Å²) in [5.41, 5.74) is 0.980. The molecule has 0 fully saturated rings. The molecule has 22 heavy (non-hydrogen) atoms. The van der Waals surface area contributed by atoms with Crippen LogP contribution in [0.4, 0.5) is 0 Å². The minimum Gasteiger partial charge on any atom is -0.504 e. The molecule has 2 atom stereocenters. The fourth-order valence-electron chi connectivity index (χ4n) is 2.36. The second-order valence-electron chi connectivity index (χ2n) is 4.95. The van der Waals surface area contributed by atoms with Gasteiger partial charge in [0.25, 0.3) is 0 Å². The fourth-order valence-corrected chi connectivity index (χ4v) is 2.36. The molecule has 114 valence electrons. The summed E-state index contributed by atoms with van der Waals surface area (Å²) in [7, 11) is 0. The first-order valence-electron chi connectivity index (χ1n) is 6.67. The summed E-state index contributed by atoms with van der Waals surface area (Å²) in [5.74, 6) is 0.283. The fraction of sp³-hybridized carbons (Fsp3) is 0.188. The quantitative estimate of drug-likeness (QED) is 0.591. The number of fused-ring (bicyclic) bond motifs is 1. The molecule has 2 aromatic carbocycles. The molecule has 0 bridgehead atoms. The molecule has 1 aliphatic heterocycles. The topological polar surface area (TPSA) is 96.2 Å². The van der Waals surface area contributed by atoms with Crippen LogP contribution in [0, 0.1) is 0 Å². The van der Waals surface area contributed by atoms with Crippen molar-refractivity contribution in [3.05, 3.63) is 47.5 Å². The Bertz CT molecular complexity index is 712. The van der Waals surface area contributed by atoms with Gasteiger partial charge >= 0.3 is 0 Å². The lowest BCUT2D eigenvalue weighted by atomic mass is 10.0. The number of aromatic hydroxyl groups is 2. The van der Waals surface area contributed by atoms with E-state index < -0.39 is 12.2 Å². The van der Waals surface area contributed by atoms with Crippen LogP contribution in [-0.2, 0) is 0 Å². The highest BCUT2D eigenvalue weighted by Crippen LogP contribution is 2.41. The predicted molar refractivity (Wildman–Crippen MR) is 76.5 cm³/mol. The van der Waals surface area contributed by atoms with Gasteiger partial charge in [-0.1, -0.05) is 6.07 Å². The summed E-state index contributed by atoms with van der Waals surface area (Å²) in [4.78, 5) is 10.8. The molecule has 0 spiro atoms. The Labute approximate surface area is 126 Å². The van der Waals surface area contributed by atoms with E-state index in [4.69, 9.17) is 9.47 Å². The summed E-state index contributed by atoms with van der Waals surface area (Å²) in [5, 5.41) is 28.5. The maximum absolute atomic E-state index is 10.8. The van der Waals surface area contributed by atoms with Crippen LogP contribution in [0.2, 0.25) is 0 Å². The van der Waals surface area contributed by atoms with Gasteiger partial charge in [0.05, 0.1) is 6.61 Å². The number of benzene rings is 2. The molecule has 0 saturated heterocycles. The van der Waals surface area contributed by atoms with Crippen molar-refractivity contribution in [2.24, 2.45) is 0 Å². The Balaban J connectivity index is 1.99. The van der Waals surface area contributed by atoms with E-state index in [-0.39, 0.29) is 18.1 Å². The molecule has 0 aromatic heterocycles. The van der Waals surface area contributed by atoms with E-state index in [1.807, 2.05) is 0 Å². The van der Waals surface area contributed by atoms with Crippen LogP contribution in [-0.4, -0.2) is 34.3 Å². The Kier molecular flexibility index (Phi) is 3.60. The van der Waals surface area contributed by atoms with Gasteiger partial charge in [0.15, 0.2) is 35.2 Å². The van der Waals surface area contributed by atoms with E-state index in [1.165, 1.54) is 12.1 Å². The molecule has 0 unspecified atom stereocenters.